The van der Waals surface area contributed by atoms with Gasteiger partial charge in [0.15, 0.2) is 0 Å². The van der Waals surface area contributed by atoms with Crippen LogP contribution in [-0.4, -0.2) is 32.8 Å². The van der Waals surface area contributed by atoms with E-state index >= 15 is 0 Å². The van der Waals surface area contributed by atoms with Gasteiger partial charge in [-0.05, 0) is 12.1 Å². The molecular weight excluding hydrogens is 190 g/mol. The van der Waals surface area contributed by atoms with Crippen molar-refractivity contribution in [2.75, 3.05) is 18.0 Å². The van der Waals surface area contributed by atoms with Crippen LogP contribution in [0.3, 0.4) is 0 Å². The fourth-order valence-electron chi connectivity index (χ4n) is 1.78. The summed E-state index contributed by atoms with van der Waals surface area (Å²) in [6.45, 7) is 1.94. The lowest BCUT2D eigenvalue weighted by Gasteiger charge is -2.39. The van der Waals surface area contributed by atoms with Crippen molar-refractivity contribution in [3.63, 3.8) is 0 Å². The number of aromatic nitrogens is 4. The lowest BCUT2D eigenvalue weighted by Crippen LogP contribution is -2.48. The third-order valence-electron chi connectivity index (χ3n) is 2.65. The molecule has 2 aromatic rings. The largest absolute Gasteiger partial charge is 0.352 e. The predicted octanol–water partition coefficient (Wildman–Crippen LogP) is 0.734. The highest BCUT2D eigenvalue weighted by molar-refractivity contribution is 5.40. The first-order valence-electron chi connectivity index (χ1n) is 4.93. The Kier molecular flexibility index (Phi) is 1.87. The molecule has 0 aliphatic carbocycles. The van der Waals surface area contributed by atoms with E-state index in [9.17, 15) is 0 Å². The SMILES string of the molecule is c1cnn(C2CN(c3ccncn3)C2)c1. The van der Waals surface area contributed by atoms with Crippen LogP contribution >= 0.6 is 0 Å². The molecule has 5 nitrogen and oxygen atoms in total. The van der Waals surface area contributed by atoms with Crippen molar-refractivity contribution >= 4 is 5.82 Å². The number of nitrogens with zero attached hydrogens (tertiary/aromatic N) is 5. The van der Waals surface area contributed by atoms with Gasteiger partial charge in [0.25, 0.3) is 0 Å². The quantitative estimate of drug-likeness (QED) is 0.718. The molecule has 1 saturated heterocycles. The van der Waals surface area contributed by atoms with Gasteiger partial charge in [-0.1, -0.05) is 0 Å². The molecule has 1 fully saturated rings. The first-order chi connectivity index (χ1) is 7.43. The van der Waals surface area contributed by atoms with Crippen LogP contribution in [0.5, 0.6) is 0 Å². The molecule has 0 atom stereocenters. The Morgan fingerprint density at radius 3 is 2.87 bits per heavy atom. The maximum absolute atomic E-state index is 4.22. The van der Waals surface area contributed by atoms with Gasteiger partial charge in [-0.3, -0.25) is 4.68 Å². The Balaban J connectivity index is 1.68. The zero-order valence-corrected chi connectivity index (χ0v) is 8.19. The molecule has 76 valence electrons. The highest BCUT2D eigenvalue weighted by atomic mass is 15.4. The average Bonchev–Trinajstić information content (AvgIpc) is 2.70. The van der Waals surface area contributed by atoms with Crippen LogP contribution in [-0.2, 0) is 0 Å². The summed E-state index contributed by atoms with van der Waals surface area (Å²) in [5.74, 6) is 0.994. The van der Waals surface area contributed by atoms with Gasteiger partial charge in [-0.2, -0.15) is 5.10 Å². The molecule has 15 heavy (non-hydrogen) atoms. The van der Waals surface area contributed by atoms with Gasteiger partial charge >= 0.3 is 0 Å². The topological polar surface area (TPSA) is 46.8 Å². The van der Waals surface area contributed by atoms with E-state index < -0.39 is 0 Å². The fraction of sp³-hybridized carbons (Fsp3) is 0.300. The van der Waals surface area contributed by atoms with E-state index in [1.165, 1.54) is 0 Å². The second-order valence-electron chi connectivity index (χ2n) is 3.61. The highest BCUT2D eigenvalue weighted by Crippen LogP contribution is 2.24. The predicted molar refractivity (Wildman–Crippen MR) is 55.5 cm³/mol. The van der Waals surface area contributed by atoms with E-state index in [-0.39, 0.29) is 0 Å². The van der Waals surface area contributed by atoms with Crippen molar-refractivity contribution in [1.29, 1.82) is 0 Å². The van der Waals surface area contributed by atoms with Gasteiger partial charge in [0, 0.05) is 31.7 Å². The summed E-state index contributed by atoms with van der Waals surface area (Å²) >= 11 is 0. The molecule has 0 bridgehead atoms. The van der Waals surface area contributed by atoms with E-state index in [0.717, 1.165) is 18.9 Å². The van der Waals surface area contributed by atoms with Gasteiger partial charge in [0.1, 0.15) is 12.1 Å². The van der Waals surface area contributed by atoms with Gasteiger partial charge in [-0.15, -0.1) is 0 Å². The molecule has 3 rings (SSSR count). The van der Waals surface area contributed by atoms with Crippen molar-refractivity contribution in [2.45, 2.75) is 6.04 Å². The molecule has 0 N–H and O–H groups in total. The normalized spacial score (nSPS) is 16.4. The Morgan fingerprint density at radius 2 is 2.20 bits per heavy atom. The molecule has 0 radical (unpaired) electrons. The third-order valence-corrected chi connectivity index (χ3v) is 2.65. The molecule has 1 aliphatic heterocycles. The standard InChI is InChI=1S/C10H11N5/c1-3-13-15(5-1)9-6-14(7-9)10-2-4-11-8-12-10/h1-5,8-9H,6-7H2. The maximum atomic E-state index is 4.22. The van der Waals surface area contributed by atoms with Crippen molar-refractivity contribution < 1.29 is 0 Å². The molecule has 5 heteroatoms. The Hall–Kier alpha value is -1.91. The van der Waals surface area contributed by atoms with Gasteiger partial charge in [0.2, 0.25) is 0 Å². The van der Waals surface area contributed by atoms with E-state index in [4.69, 9.17) is 0 Å². The van der Waals surface area contributed by atoms with Crippen LogP contribution in [0.1, 0.15) is 6.04 Å². The monoisotopic (exact) mass is 201 g/mol. The van der Waals surface area contributed by atoms with E-state index in [1.807, 2.05) is 29.2 Å². The van der Waals surface area contributed by atoms with Crippen LogP contribution in [0.25, 0.3) is 0 Å². The molecule has 0 amide bonds. The number of anilines is 1. The molecule has 3 heterocycles. The van der Waals surface area contributed by atoms with Crippen molar-refractivity contribution in [3.8, 4) is 0 Å². The molecular formula is C10H11N5. The zero-order chi connectivity index (χ0) is 10.1. The first kappa shape index (κ1) is 8.40. The number of hydrogen-bond acceptors (Lipinski definition) is 4. The summed E-state index contributed by atoms with van der Waals surface area (Å²) < 4.78 is 2.00. The molecule has 0 spiro atoms. The second kappa shape index (κ2) is 3.34. The van der Waals surface area contributed by atoms with E-state index in [0.29, 0.717) is 6.04 Å². The molecule has 2 aromatic heterocycles. The Morgan fingerprint density at radius 1 is 1.27 bits per heavy atom. The molecule has 0 aromatic carbocycles. The maximum Gasteiger partial charge on any atom is 0.132 e. The van der Waals surface area contributed by atoms with Crippen LogP contribution < -0.4 is 4.90 Å². The minimum atomic E-state index is 0.481. The molecule has 0 saturated carbocycles. The van der Waals surface area contributed by atoms with E-state index in [2.05, 4.69) is 20.0 Å². The first-order valence-corrected chi connectivity index (χ1v) is 4.93. The lowest BCUT2D eigenvalue weighted by molar-refractivity contribution is 0.366. The minimum Gasteiger partial charge on any atom is -0.352 e. The van der Waals surface area contributed by atoms with Gasteiger partial charge < -0.3 is 4.90 Å². The minimum absolute atomic E-state index is 0.481. The summed E-state index contributed by atoms with van der Waals surface area (Å²) in [7, 11) is 0. The summed E-state index contributed by atoms with van der Waals surface area (Å²) in [5.41, 5.74) is 0. The van der Waals surface area contributed by atoms with Crippen LogP contribution in [0.4, 0.5) is 5.82 Å². The van der Waals surface area contributed by atoms with E-state index in [1.54, 1.807) is 12.5 Å². The smallest absolute Gasteiger partial charge is 0.132 e. The van der Waals surface area contributed by atoms with Crippen molar-refractivity contribution in [3.05, 3.63) is 37.1 Å². The number of hydrogen-bond donors (Lipinski definition) is 0. The summed E-state index contributed by atoms with van der Waals surface area (Å²) in [4.78, 5) is 10.3. The Labute approximate surface area is 87.4 Å². The van der Waals surface area contributed by atoms with Gasteiger partial charge in [0.05, 0.1) is 6.04 Å². The summed E-state index contributed by atoms with van der Waals surface area (Å²) in [6, 6.07) is 4.36. The van der Waals surface area contributed by atoms with Crippen molar-refractivity contribution in [1.82, 2.24) is 19.7 Å². The average molecular weight is 201 g/mol. The molecule has 0 unspecified atom stereocenters. The van der Waals surface area contributed by atoms with Crippen LogP contribution in [0.2, 0.25) is 0 Å². The van der Waals surface area contributed by atoms with Crippen LogP contribution in [0, 0.1) is 0 Å². The summed E-state index contributed by atoms with van der Waals surface area (Å²) in [5, 5.41) is 4.22. The van der Waals surface area contributed by atoms with Crippen LogP contribution in [0.15, 0.2) is 37.1 Å². The van der Waals surface area contributed by atoms with Gasteiger partial charge in [-0.25, -0.2) is 9.97 Å². The molecule has 1 aliphatic rings. The second-order valence-corrected chi connectivity index (χ2v) is 3.61. The van der Waals surface area contributed by atoms with Crippen molar-refractivity contribution in [2.24, 2.45) is 0 Å². The fourth-order valence-corrected chi connectivity index (χ4v) is 1.78. The zero-order valence-electron chi connectivity index (χ0n) is 8.19. The lowest BCUT2D eigenvalue weighted by atomic mass is 10.1. The Bertz CT molecular complexity index is 418. The summed E-state index contributed by atoms with van der Waals surface area (Å²) in [6.07, 6.45) is 7.16. The number of rotatable bonds is 2. The highest BCUT2D eigenvalue weighted by Gasteiger charge is 2.29. The third kappa shape index (κ3) is 1.45.